The molecule has 2 N–H and O–H groups in total. The lowest BCUT2D eigenvalue weighted by atomic mass is 9.91. The number of thiazole rings is 1. The van der Waals surface area contributed by atoms with Crippen LogP contribution in [0.3, 0.4) is 0 Å². The zero-order chi connectivity index (χ0) is 14.8. The number of anilines is 1. The van der Waals surface area contributed by atoms with Gasteiger partial charge in [-0.05, 0) is 30.9 Å². The third kappa shape index (κ3) is 2.87. The van der Waals surface area contributed by atoms with E-state index in [1.807, 2.05) is 24.3 Å². The summed E-state index contributed by atoms with van der Waals surface area (Å²) in [6, 6.07) is 7.54. The molecule has 1 saturated heterocycles. The van der Waals surface area contributed by atoms with E-state index in [4.69, 9.17) is 0 Å². The van der Waals surface area contributed by atoms with Gasteiger partial charge in [0.15, 0.2) is 5.13 Å². The second kappa shape index (κ2) is 5.99. The van der Waals surface area contributed by atoms with Gasteiger partial charge in [0.25, 0.3) is 0 Å². The van der Waals surface area contributed by atoms with Gasteiger partial charge < -0.3 is 10.0 Å². The average Bonchev–Trinajstić information content (AvgIpc) is 2.89. The Bertz CT molecular complexity index is 610. The van der Waals surface area contributed by atoms with Crippen molar-refractivity contribution in [3.05, 3.63) is 24.3 Å². The van der Waals surface area contributed by atoms with E-state index in [1.165, 1.54) is 11.3 Å². The lowest BCUT2D eigenvalue weighted by Crippen LogP contribution is -2.51. The molecule has 1 fully saturated rings. The Hall–Kier alpha value is -1.66. The Morgan fingerprint density at radius 3 is 3.10 bits per heavy atom. The van der Waals surface area contributed by atoms with E-state index in [-0.39, 0.29) is 18.7 Å². The molecule has 5 nitrogen and oxygen atoms in total. The SMILES string of the molecule is CC1CCCN(C(=O)Nc2nc3ccccc3s2)C1CO. The van der Waals surface area contributed by atoms with Crippen LogP contribution in [0.2, 0.25) is 0 Å². The molecule has 2 unspecified atom stereocenters. The van der Waals surface area contributed by atoms with Gasteiger partial charge in [0.05, 0.1) is 22.9 Å². The minimum absolute atomic E-state index is 0.00836. The summed E-state index contributed by atoms with van der Waals surface area (Å²) >= 11 is 1.47. The van der Waals surface area contributed by atoms with E-state index < -0.39 is 0 Å². The monoisotopic (exact) mass is 305 g/mol. The Labute approximate surface area is 127 Å². The molecule has 21 heavy (non-hydrogen) atoms. The number of aliphatic hydroxyl groups excluding tert-OH is 1. The lowest BCUT2D eigenvalue weighted by Gasteiger charge is -2.38. The first-order chi connectivity index (χ1) is 10.2. The van der Waals surface area contributed by atoms with Crippen LogP contribution in [0.1, 0.15) is 19.8 Å². The van der Waals surface area contributed by atoms with Crippen molar-refractivity contribution in [2.24, 2.45) is 5.92 Å². The molecule has 0 bridgehead atoms. The number of carbonyl (C=O) groups is 1. The molecule has 3 rings (SSSR count). The number of fused-ring (bicyclic) bond motifs is 1. The molecule has 1 aliphatic heterocycles. The van der Waals surface area contributed by atoms with Crippen molar-refractivity contribution in [3.8, 4) is 0 Å². The van der Waals surface area contributed by atoms with Gasteiger partial charge in [0.1, 0.15) is 0 Å². The van der Waals surface area contributed by atoms with E-state index in [9.17, 15) is 9.90 Å². The number of nitrogens with one attached hydrogen (secondary N) is 1. The number of aliphatic hydroxyl groups is 1. The number of amides is 2. The standard InChI is InChI=1S/C15H19N3O2S/c1-10-5-4-8-18(12(10)9-19)15(20)17-14-16-11-6-2-3-7-13(11)21-14/h2-3,6-7,10,12,19H,4-5,8-9H2,1H3,(H,16,17,20). The number of nitrogens with zero attached hydrogens (tertiary/aromatic N) is 2. The van der Waals surface area contributed by atoms with Crippen molar-refractivity contribution in [2.75, 3.05) is 18.5 Å². The molecule has 0 spiro atoms. The lowest BCUT2D eigenvalue weighted by molar-refractivity contribution is 0.0811. The fraction of sp³-hybridized carbons (Fsp3) is 0.467. The van der Waals surface area contributed by atoms with Gasteiger partial charge in [0.2, 0.25) is 0 Å². The van der Waals surface area contributed by atoms with Crippen molar-refractivity contribution >= 4 is 32.7 Å². The molecule has 2 heterocycles. The predicted molar refractivity (Wildman–Crippen MR) is 84.6 cm³/mol. The van der Waals surface area contributed by atoms with Gasteiger partial charge in [-0.15, -0.1) is 0 Å². The summed E-state index contributed by atoms with van der Waals surface area (Å²) in [5.74, 6) is 0.324. The minimum Gasteiger partial charge on any atom is -0.394 e. The topological polar surface area (TPSA) is 65.5 Å². The number of benzene rings is 1. The molecule has 1 aromatic carbocycles. The number of hydrogen-bond acceptors (Lipinski definition) is 4. The number of urea groups is 1. The fourth-order valence-corrected chi connectivity index (χ4v) is 3.72. The van der Waals surface area contributed by atoms with Crippen LogP contribution in [0.15, 0.2) is 24.3 Å². The molecule has 1 aliphatic rings. The summed E-state index contributed by atoms with van der Waals surface area (Å²) in [5, 5.41) is 13.0. The first-order valence-electron chi connectivity index (χ1n) is 7.23. The molecule has 0 saturated carbocycles. The Kier molecular flexibility index (Phi) is 4.07. The highest BCUT2D eigenvalue weighted by Crippen LogP contribution is 2.27. The Balaban J connectivity index is 1.75. The van der Waals surface area contributed by atoms with Gasteiger partial charge in [-0.25, -0.2) is 9.78 Å². The predicted octanol–water partition coefficient (Wildman–Crippen LogP) is 2.92. The third-order valence-corrected chi connectivity index (χ3v) is 5.02. The van der Waals surface area contributed by atoms with Crippen LogP contribution in [0.4, 0.5) is 9.93 Å². The second-order valence-corrected chi connectivity index (χ2v) is 6.51. The average molecular weight is 305 g/mol. The smallest absolute Gasteiger partial charge is 0.323 e. The molecule has 0 radical (unpaired) electrons. The highest BCUT2D eigenvalue weighted by atomic mass is 32.1. The Morgan fingerprint density at radius 2 is 2.33 bits per heavy atom. The summed E-state index contributed by atoms with van der Waals surface area (Å²) in [5.41, 5.74) is 0.892. The highest BCUT2D eigenvalue weighted by molar-refractivity contribution is 7.22. The van der Waals surface area contributed by atoms with Crippen molar-refractivity contribution in [1.29, 1.82) is 0 Å². The number of para-hydroxylation sites is 1. The number of piperidine rings is 1. The zero-order valence-corrected chi connectivity index (χ0v) is 12.8. The number of likely N-dealkylation sites (tertiary alicyclic amines) is 1. The maximum absolute atomic E-state index is 12.4. The van der Waals surface area contributed by atoms with Gasteiger partial charge >= 0.3 is 6.03 Å². The van der Waals surface area contributed by atoms with Gasteiger partial charge in [0, 0.05) is 6.54 Å². The van der Waals surface area contributed by atoms with Crippen LogP contribution >= 0.6 is 11.3 Å². The third-order valence-electron chi connectivity index (χ3n) is 4.07. The van der Waals surface area contributed by atoms with Gasteiger partial charge in [-0.2, -0.15) is 0 Å². The normalized spacial score (nSPS) is 22.5. The molecule has 112 valence electrons. The summed E-state index contributed by atoms with van der Waals surface area (Å²) < 4.78 is 1.05. The number of hydrogen-bond donors (Lipinski definition) is 2. The summed E-state index contributed by atoms with van der Waals surface area (Å²) in [4.78, 5) is 18.6. The molecular formula is C15H19N3O2S. The van der Waals surface area contributed by atoms with Crippen LogP contribution < -0.4 is 5.32 Å². The Morgan fingerprint density at radius 1 is 1.52 bits per heavy atom. The summed E-state index contributed by atoms with van der Waals surface area (Å²) in [6.45, 7) is 2.78. The van der Waals surface area contributed by atoms with E-state index in [1.54, 1.807) is 4.90 Å². The molecule has 2 aromatic rings. The number of aromatic nitrogens is 1. The van der Waals surface area contributed by atoms with Crippen LogP contribution in [0.5, 0.6) is 0 Å². The van der Waals surface area contributed by atoms with E-state index in [0.717, 1.165) is 23.1 Å². The van der Waals surface area contributed by atoms with Crippen LogP contribution in [0, 0.1) is 5.92 Å². The van der Waals surface area contributed by atoms with E-state index in [2.05, 4.69) is 17.2 Å². The summed E-state index contributed by atoms with van der Waals surface area (Å²) in [7, 11) is 0. The van der Waals surface area contributed by atoms with Crippen LogP contribution in [-0.4, -0.2) is 40.2 Å². The maximum atomic E-state index is 12.4. The number of rotatable bonds is 2. The largest absolute Gasteiger partial charge is 0.394 e. The van der Waals surface area contributed by atoms with E-state index >= 15 is 0 Å². The quantitative estimate of drug-likeness (QED) is 0.896. The van der Waals surface area contributed by atoms with Crippen molar-refractivity contribution in [3.63, 3.8) is 0 Å². The molecular weight excluding hydrogens is 286 g/mol. The first kappa shape index (κ1) is 14.3. The molecule has 6 heteroatoms. The van der Waals surface area contributed by atoms with Gasteiger partial charge in [-0.1, -0.05) is 30.4 Å². The van der Waals surface area contributed by atoms with Crippen LogP contribution in [-0.2, 0) is 0 Å². The van der Waals surface area contributed by atoms with Crippen molar-refractivity contribution in [1.82, 2.24) is 9.88 Å². The highest BCUT2D eigenvalue weighted by Gasteiger charge is 2.31. The van der Waals surface area contributed by atoms with Crippen molar-refractivity contribution < 1.29 is 9.90 Å². The maximum Gasteiger partial charge on any atom is 0.323 e. The molecule has 2 amide bonds. The molecule has 2 atom stereocenters. The van der Waals surface area contributed by atoms with Crippen molar-refractivity contribution in [2.45, 2.75) is 25.8 Å². The van der Waals surface area contributed by atoms with E-state index in [0.29, 0.717) is 17.6 Å². The minimum atomic E-state index is -0.167. The van der Waals surface area contributed by atoms with Crippen LogP contribution in [0.25, 0.3) is 10.2 Å². The fourth-order valence-electron chi connectivity index (χ4n) is 2.87. The first-order valence-corrected chi connectivity index (χ1v) is 8.04. The second-order valence-electron chi connectivity index (χ2n) is 5.48. The molecule has 0 aliphatic carbocycles. The molecule has 1 aromatic heterocycles. The zero-order valence-electron chi connectivity index (χ0n) is 12.0. The summed E-state index contributed by atoms with van der Waals surface area (Å²) in [6.07, 6.45) is 2.03. The van der Waals surface area contributed by atoms with Gasteiger partial charge in [-0.3, -0.25) is 5.32 Å². The number of carbonyl (C=O) groups excluding carboxylic acids is 1.